The molecule has 0 bridgehead atoms. The van der Waals surface area contributed by atoms with E-state index in [-0.39, 0.29) is 84.9 Å². The molecule has 0 spiro atoms. The molecule has 0 saturated carbocycles. The van der Waals surface area contributed by atoms with Gasteiger partial charge in [0.05, 0.1) is 94.1 Å². The summed E-state index contributed by atoms with van der Waals surface area (Å²) >= 11 is 42.3. The van der Waals surface area contributed by atoms with Gasteiger partial charge in [0, 0.05) is 94.4 Å². The van der Waals surface area contributed by atoms with E-state index in [0.717, 1.165) is 49.8 Å². The van der Waals surface area contributed by atoms with Crippen LogP contribution in [0.15, 0.2) is 54.6 Å². The molecule has 35 heteroatoms. The summed E-state index contributed by atoms with van der Waals surface area (Å²) in [7, 11) is -1.75. The van der Waals surface area contributed by atoms with Crippen molar-refractivity contribution in [3.8, 4) is 33.8 Å². The second kappa shape index (κ2) is 47.9. The third kappa shape index (κ3) is 37.9. The molecule has 0 aliphatic heterocycles. The molecular weight excluding hydrogens is 1400 g/mol. The van der Waals surface area contributed by atoms with E-state index in [1.807, 2.05) is 11.8 Å². The average molecular weight is 1480 g/mol. The number of aromatic nitrogens is 9. The number of methoxy groups -OCH3 is 3. The molecule has 0 aliphatic carbocycles. The third-order valence-corrected chi connectivity index (χ3v) is 16.4. The normalized spacial score (nSPS) is 11.2. The van der Waals surface area contributed by atoms with Crippen molar-refractivity contribution < 1.29 is 84.1 Å². The first-order valence-electron chi connectivity index (χ1n) is 27.6. The Bertz CT molecular complexity index is 3280. The molecule has 0 unspecified atom stereocenters. The van der Waals surface area contributed by atoms with Gasteiger partial charge in [0.1, 0.15) is 17.1 Å². The van der Waals surface area contributed by atoms with Crippen LogP contribution in [0.1, 0.15) is 57.5 Å². The minimum absolute atomic E-state index is 0. The van der Waals surface area contributed by atoms with E-state index in [4.69, 9.17) is 110 Å². The quantitative estimate of drug-likeness (QED) is 0.0153. The van der Waals surface area contributed by atoms with Gasteiger partial charge in [-0.15, -0.1) is 36.2 Å². The Morgan fingerprint density at radius 1 is 0.505 bits per heavy atom. The van der Waals surface area contributed by atoms with Gasteiger partial charge in [-0.25, -0.2) is 23.4 Å². The zero-order valence-corrected chi connectivity index (χ0v) is 62.0. The van der Waals surface area contributed by atoms with Crippen molar-refractivity contribution in [1.82, 2.24) is 45.5 Å². The molecular formula is C56H79Cl6N12NaO12S4. The number of nitrogens with two attached hydrogens (primary N) is 3. The fourth-order valence-corrected chi connectivity index (χ4v) is 10.0. The van der Waals surface area contributed by atoms with Gasteiger partial charge >= 0.3 is 29.6 Å². The third-order valence-electron chi connectivity index (χ3n) is 10.7. The molecule has 0 amide bonds. The number of nitrogens with zero attached hydrogens (tertiary/aromatic N) is 9. The predicted octanol–water partition coefficient (Wildman–Crippen LogP) is 6.26. The van der Waals surface area contributed by atoms with Gasteiger partial charge in [0.15, 0.2) is 44.8 Å². The molecule has 3 heterocycles. The standard InChI is InChI=1S/C17H22Cl2N4O4S.C17H22Cl2N4O2S.C15H18Cl2N4O4S.C4H9O.C3H8OS.Na/c1-26-8-10-28(24,25)11-9-27-7-3-6-14-21-17(20)16(23-22-14)12-4-2-5-13(18)15(12)19;1-24-8-10-26-11-9-25-7-3-6-14-21-17(20)16(23-22-14)12-4-2-5-13(18)15(12)19;1-26(22,23)25-9-8-24-7-3-6-12-19-15(18)14(21-20-12)10-4-2-5-11(16)13(10)17;1-4(2,3)5;1-4-2-3-5;/h2,4-5H,3,6-11H2,1H3,(H2,20,21,22);2,4-5H,3,6-11H2,1H3,(H2,20,21,22);2,4-5H,3,6-9H2,1H3,(H2,18,19,20);1-3H3;5H,2-3H2,1H3;/q;;;-1;;+1. The fourth-order valence-electron chi connectivity index (χ4n) is 6.57. The number of anilines is 3. The Hall–Kier alpha value is -2.89. The molecule has 0 atom stereocenters. The number of hydrogen-bond acceptors (Lipinski definition) is 26. The van der Waals surface area contributed by atoms with Crippen molar-refractivity contribution in [1.29, 1.82) is 0 Å². The maximum Gasteiger partial charge on any atom is 1.00 e. The first-order chi connectivity index (χ1) is 42.7. The summed E-state index contributed by atoms with van der Waals surface area (Å²) in [4.78, 5) is 12.8. The summed E-state index contributed by atoms with van der Waals surface area (Å²) < 4.78 is 80.0. The molecule has 91 heavy (non-hydrogen) atoms. The zero-order chi connectivity index (χ0) is 67.1. The molecule has 6 aromatic rings. The molecule has 0 radical (unpaired) electrons. The predicted molar refractivity (Wildman–Crippen MR) is 363 cm³/mol. The smallest absolute Gasteiger partial charge is 0.850 e. The Morgan fingerprint density at radius 3 is 1.18 bits per heavy atom. The molecule has 6 N–H and O–H groups in total. The van der Waals surface area contributed by atoms with E-state index in [1.54, 1.807) is 89.6 Å². The van der Waals surface area contributed by atoms with Crippen LogP contribution >= 0.6 is 94.0 Å². The maximum atomic E-state index is 11.7. The van der Waals surface area contributed by atoms with Crippen LogP contribution in [0.3, 0.4) is 0 Å². The van der Waals surface area contributed by atoms with Gasteiger partial charge < -0.3 is 50.7 Å². The van der Waals surface area contributed by atoms with Crippen LogP contribution in [0.25, 0.3) is 33.8 Å². The van der Waals surface area contributed by atoms with Crippen LogP contribution in [0, 0.1) is 0 Å². The van der Waals surface area contributed by atoms with Crippen molar-refractivity contribution in [2.45, 2.75) is 64.9 Å². The first-order valence-corrected chi connectivity index (χ1v) is 35.3. The van der Waals surface area contributed by atoms with Crippen LogP contribution in [-0.4, -0.2) is 190 Å². The number of hydrogen-bond donors (Lipinski definition) is 4. The number of sulfone groups is 1. The number of thioether (sulfide) groups is 1. The van der Waals surface area contributed by atoms with Crippen molar-refractivity contribution in [3.05, 3.63) is 102 Å². The molecule has 3 aromatic heterocycles. The van der Waals surface area contributed by atoms with Crippen LogP contribution in [-0.2, 0) is 71.8 Å². The first kappa shape index (κ1) is 86.1. The molecule has 6 rings (SSSR count). The molecule has 24 nitrogen and oxygen atoms in total. The van der Waals surface area contributed by atoms with Gasteiger partial charge in [-0.2, -0.15) is 32.8 Å². The van der Waals surface area contributed by atoms with Crippen molar-refractivity contribution in [2.24, 2.45) is 0 Å². The maximum absolute atomic E-state index is 11.7. The topological polar surface area (TPSA) is 350 Å². The van der Waals surface area contributed by atoms with Crippen molar-refractivity contribution in [2.75, 3.05) is 140 Å². The van der Waals surface area contributed by atoms with Gasteiger partial charge in [0.25, 0.3) is 10.1 Å². The number of halogens is 6. The number of thiol groups is 1. The molecule has 0 saturated heterocycles. The molecule has 0 fully saturated rings. The Balaban J connectivity index is 0.000000630. The zero-order valence-electron chi connectivity index (χ0n) is 52.1. The Morgan fingerprint density at radius 2 is 0.846 bits per heavy atom. The molecule has 0 aliphatic rings. The fraction of sp³-hybridized carbons (Fsp3) is 0.518. The Kier molecular flexibility index (Phi) is 45.3. The monoisotopic (exact) mass is 1470 g/mol. The largest absolute Gasteiger partial charge is 1.00 e. The number of aryl methyl sites for hydroxylation is 3. The average Bonchev–Trinajstić information content (AvgIpc) is 0.940. The summed E-state index contributed by atoms with van der Waals surface area (Å²) in [6.07, 6.45) is 4.68. The van der Waals surface area contributed by atoms with Gasteiger partial charge in [-0.3, -0.25) is 4.18 Å². The summed E-state index contributed by atoms with van der Waals surface area (Å²) in [6, 6.07) is 15.6. The van der Waals surface area contributed by atoms with Crippen LogP contribution in [0.5, 0.6) is 0 Å². The van der Waals surface area contributed by atoms with Gasteiger partial charge in [-0.05, 0) is 37.5 Å². The summed E-state index contributed by atoms with van der Waals surface area (Å²) in [5, 5.41) is 37.0. The number of nitrogen functional groups attached to an aromatic ring is 3. The van der Waals surface area contributed by atoms with Crippen LogP contribution in [0.2, 0.25) is 30.1 Å². The SMILES string of the molecule is CC(C)(C)[O-].COCCS.COCCS(=O)(=O)CCOCCCc1nnc(-c2cccc(Cl)c2Cl)c(N)n1.COCCSCCOCCCc1nnc(-c2cccc(Cl)c2Cl)c(N)n1.CS(=O)(=O)OCCOCCCc1nnc(-c2cccc(Cl)c2Cl)c(N)n1.[Na+]. The van der Waals surface area contributed by atoms with Crippen LogP contribution in [0.4, 0.5) is 17.5 Å². The number of rotatable bonds is 33. The van der Waals surface area contributed by atoms with Crippen LogP contribution < -0.4 is 51.9 Å². The number of ether oxygens (including phenoxy) is 6. The summed E-state index contributed by atoms with van der Waals surface area (Å²) in [5.74, 6) is 4.96. The van der Waals surface area contributed by atoms with E-state index in [1.165, 1.54) is 7.11 Å². The van der Waals surface area contributed by atoms with E-state index in [2.05, 4.69) is 67.1 Å². The van der Waals surface area contributed by atoms with E-state index in [9.17, 15) is 21.9 Å². The van der Waals surface area contributed by atoms with E-state index < -0.39 is 25.6 Å². The van der Waals surface area contributed by atoms with Gasteiger partial charge in [0.2, 0.25) is 0 Å². The summed E-state index contributed by atoms with van der Waals surface area (Å²) in [6.45, 7) is 9.06. The Labute approximate surface area is 596 Å². The van der Waals surface area contributed by atoms with E-state index in [0.29, 0.717) is 133 Å². The van der Waals surface area contributed by atoms with Crippen molar-refractivity contribution in [3.63, 3.8) is 0 Å². The minimum Gasteiger partial charge on any atom is -0.850 e. The van der Waals surface area contributed by atoms with Gasteiger partial charge in [-0.1, -0.05) is 127 Å². The summed E-state index contributed by atoms with van der Waals surface area (Å²) in [5.41, 5.74) is 20.2. The number of benzene rings is 3. The molecule has 3 aromatic carbocycles. The second-order valence-corrected chi connectivity index (χ2v) is 27.4. The second-order valence-electron chi connectivity index (χ2n) is 19.4. The van der Waals surface area contributed by atoms with E-state index >= 15 is 0 Å². The minimum atomic E-state index is -3.44. The van der Waals surface area contributed by atoms with Crippen molar-refractivity contribution >= 4 is 131 Å². The molecule has 502 valence electrons.